The van der Waals surface area contributed by atoms with E-state index in [-0.39, 0.29) is 5.28 Å². The molecule has 0 saturated heterocycles. The van der Waals surface area contributed by atoms with Crippen molar-refractivity contribution < 1.29 is 4.42 Å². The van der Waals surface area contributed by atoms with E-state index in [4.69, 9.17) is 21.0 Å². The van der Waals surface area contributed by atoms with E-state index in [1.807, 2.05) is 60.3 Å². The third-order valence-electron chi connectivity index (χ3n) is 11.7. The van der Waals surface area contributed by atoms with Gasteiger partial charge in [0.15, 0.2) is 11.6 Å². The Bertz CT molecular complexity index is 3750. The molecule has 0 fully saturated rings. The van der Waals surface area contributed by atoms with Gasteiger partial charge in [0.05, 0.1) is 16.7 Å². The highest BCUT2D eigenvalue weighted by atomic mass is 35.5. The molecule has 8 heteroatoms. The zero-order valence-corrected chi connectivity index (χ0v) is 32.6. The number of rotatable bonds is 4. The van der Waals surface area contributed by atoms with Crippen LogP contribution in [0.3, 0.4) is 0 Å². The molecule has 0 radical (unpaired) electrons. The summed E-state index contributed by atoms with van der Waals surface area (Å²) in [6.45, 7) is 0. The molecule has 13 rings (SSSR count). The highest BCUT2D eigenvalue weighted by Gasteiger charge is 2.26. The van der Waals surface area contributed by atoms with Crippen molar-refractivity contribution in [3.8, 4) is 50.7 Å². The number of nitrogens with one attached hydrogen (secondary N) is 1. The smallest absolute Gasteiger partial charge is 0.226 e. The summed E-state index contributed by atoms with van der Waals surface area (Å²) in [6, 6.07) is 57.7. The van der Waals surface area contributed by atoms with Crippen molar-refractivity contribution in [3.63, 3.8) is 0 Å². The van der Waals surface area contributed by atoms with Crippen LogP contribution in [0.5, 0.6) is 0 Å². The van der Waals surface area contributed by atoms with Crippen molar-refractivity contribution >= 4 is 88.9 Å². The van der Waals surface area contributed by atoms with E-state index in [1.165, 1.54) is 48.1 Å². The number of para-hydroxylation sites is 3. The molecule has 1 N–H and O–H groups in total. The maximum atomic E-state index is 6.56. The van der Waals surface area contributed by atoms with Crippen LogP contribution < -0.4 is 0 Å². The number of hydrogen-bond acceptors (Lipinski definition) is 5. The molecular formula is C51H28ClN5OS. The van der Waals surface area contributed by atoms with Crippen LogP contribution in [0.15, 0.2) is 178 Å². The van der Waals surface area contributed by atoms with Gasteiger partial charge in [0.25, 0.3) is 0 Å². The minimum atomic E-state index is 0.133. The van der Waals surface area contributed by atoms with Gasteiger partial charge < -0.3 is 14.0 Å². The Morgan fingerprint density at radius 2 is 1.14 bits per heavy atom. The molecule has 0 saturated carbocycles. The summed E-state index contributed by atoms with van der Waals surface area (Å²) in [5, 5.41) is 7.27. The van der Waals surface area contributed by atoms with Gasteiger partial charge in [-0.25, -0.2) is 4.98 Å². The quantitative estimate of drug-likeness (QED) is 0.192. The number of aromatic amines is 1. The predicted molar refractivity (Wildman–Crippen MR) is 242 cm³/mol. The van der Waals surface area contributed by atoms with E-state index in [1.54, 1.807) is 0 Å². The van der Waals surface area contributed by atoms with E-state index in [2.05, 4.69) is 135 Å². The fourth-order valence-corrected chi connectivity index (χ4v) is 10.3. The lowest BCUT2D eigenvalue weighted by atomic mass is 9.96. The Morgan fingerprint density at radius 1 is 0.475 bits per heavy atom. The topological polar surface area (TPSA) is 72.5 Å². The zero-order valence-electron chi connectivity index (χ0n) is 31.1. The Kier molecular flexibility index (Phi) is 6.91. The van der Waals surface area contributed by atoms with E-state index >= 15 is 0 Å². The largest absolute Gasteiger partial charge is 0.456 e. The molecule has 0 atom stereocenters. The van der Waals surface area contributed by atoms with Crippen LogP contribution >= 0.6 is 23.4 Å². The molecule has 0 spiro atoms. The lowest BCUT2D eigenvalue weighted by molar-refractivity contribution is 0.669. The molecule has 4 aromatic heterocycles. The number of halogens is 1. The summed E-state index contributed by atoms with van der Waals surface area (Å²) in [7, 11) is 0. The Balaban J connectivity index is 0.898. The average molecular weight is 794 g/mol. The lowest BCUT2D eigenvalue weighted by Crippen LogP contribution is -2.01. The minimum Gasteiger partial charge on any atom is -0.456 e. The van der Waals surface area contributed by atoms with E-state index in [0.717, 1.165) is 66.4 Å². The summed E-state index contributed by atoms with van der Waals surface area (Å²) in [5.74, 6) is 0.992. The van der Waals surface area contributed by atoms with Gasteiger partial charge in [0, 0.05) is 64.3 Å². The number of aromatic nitrogens is 5. The summed E-state index contributed by atoms with van der Waals surface area (Å²) in [4.78, 5) is 20.3. The van der Waals surface area contributed by atoms with E-state index < -0.39 is 0 Å². The van der Waals surface area contributed by atoms with Gasteiger partial charge >= 0.3 is 0 Å². The summed E-state index contributed by atoms with van der Waals surface area (Å²) < 4.78 is 8.61. The van der Waals surface area contributed by atoms with E-state index in [9.17, 15) is 0 Å². The maximum absolute atomic E-state index is 6.56. The molecular weight excluding hydrogens is 766 g/mol. The van der Waals surface area contributed by atoms with Crippen molar-refractivity contribution in [3.05, 3.63) is 169 Å². The standard InChI is InChI=1S/C51H28ClN5OS/c52-51-55-49(54-50(56-51)33-19-21-35-34-13-2-5-17-42(34)58-43(35)26-33)32-12-8-11-30(24-32)28-9-7-10-29(23-28)31-20-22-38-37(25-31)46-39(53-38)27-45-48-47(46)36-14-1-3-15-40(36)57(48)41-16-4-6-18-44(41)59-45/h1-27,53H. The van der Waals surface area contributed by atoms with Gasteiger partial charge in [0.2, 0.25) is 5.28 Å². The Hall–Kier alpha value is -7.19. The third-order valence-corrected chi connectivity index (χ3v) is 12.9. The SMILES string of the molecule is Clc1nc(-c2cccc(-c3cccc(-c4ccc5[nH]c6cc7c8c(c9ccccc9n8-c8ccccc8S7)c6c5c4)c3)c2)nc(-c2ccc3c(c2)oc2ccccc23)n1. The van der Waals surface area contributed by atoms with E-state index in [0.29, 0.717) is 11.6 Å². The summed E-state index contributed by atoms with van der Waals surface area (Å²) in [5.41, 5.74) is 13.7. The number of nitrogens with zero attached hydrogens (tertiary/aromatic N) is 4. The molecule has 8 aromatic carbocycles. The number of furan rings is 1. The van der Waals surface area contributed by atoms with Gasteiger partial charge in [-0.3, -0.25) is 0 Å². The normalized spacial score (nSPS) is 12.4. The highest BCUT2D eigenvalue weighted by molar-refractivity contribution is 7.99. The van der Waals surface area contributed by atoms with Crippen LogP contribution in [0.2, 0.25) is 5.28 Å². The molecule has 59 heavy (non-hydrogen) atoms. The van der Waals surface area contributed by atoms with Crippen molar-refractivity contribution in [2.45, 2.75) is 9.79 Å². The Labute approximate surface area is 345 Å². The van der Waals surface area contributed by atoms with Crippen LogP contribution in [0.4, 0.5) is 0 Å². The fraction of sp³-hybridized carbons (Fsp3) is 0. The van der Waals surface area contributed by atoms with Crippen LogP contribution in [0, 0.1) is 0 Å². The number of benzene rings is 8. The second-order valence-corrected chi connectivity index (χ2v) is 16.5. The number of H-pyrrole nitrogens is 1. The summed E-state index contributed by atoms with van der Waals surface area (Å²) >= 11 is 8.41. The second kappa shape index (κ2) is 12.4. The minimum absolute atomic E-state index is 0.133. The molecule has 5 heterocycles. The van der Waals surface area contributed by atoms with Crippen molar-refractivity contribution in [2.75, 3.05) is 0 Å². The Morgan fingerprint density at radius 3 is 1.98 bits per heavy atom. The van der Waals surface area contributed by atoms with Crippen molar-refractivity contribution in [1.29, 1.82) is 0 Å². The monoisotopic (exact) mass is 793 g/mol. The predicted octanol–water partition coefficient (Wildman–Crippen LogP) is 14.3. The summed E-state index contributed by atoms with van der Waals surface area (Å²) in [6.07, 6.45) is 0. The first-order valence-electron chi connectivity index (χ1n) is 19.4. The molecule has 0 unspecified atom stereocenters. The molecule has 1 aliphatic rings. The van der Waals surface area contributed by atoms with Crippen LogP contribution in [0.25, 0.3) is 116 Å². The van der Waals surface area contributed by atoms with Gasteiger partial charge in [0.1, 0.15) is 11.2 Å². The molecule has 12 aromatic rings. The molecule has 0 bridgehead atoms. The number of hydrogen-bond donors (Lipinski definition) is 1. The molecule has 0 aliphatic carbocycles. The van der Waals surface area contributed by atoms with Gasteiger partial charge in [-0.2, -0.15) is 9.97 Å². The van der Waals surface area contributed by atoms with Crippen LogP contribution in [0.1, 0.15) is 0 Å². The van der Waals surface area contributed by atoms with Gasteiger partial charge in [-0.05, 0) is 101 Å². The van der Waals surface area contributed by atoms with Crippen LogP contribution in [-0.4, -0.2) is 24.5 Å². The fourth-order valence-electron chi connectivity index (χ4n) is 9.06. The first-order chi connectivity index (χ1) is 29.1. The zero-order chi connectivity index (χ0) is 38.8. The first-order valence-corrected chi connectivity index (χ1v) is 20.6. The molecule has 6 nitrogen and oxygen atoms in total. The van der Waals surface area contributed by atoms with Crippen molar-refractivity contribution in [1.82, 2.24) is 24.5 Å². The maximum Gasteiger partial charge on any atom is 0.226 e. The highest BCUT2D eigenvalue weighted by Crippen LogP contribution is 2.50. The second-order valence-electron chi connectivity index (χ2n) is 15.1. The van der Waals surface area contributed by atoms with Crippen molar-refractivity contribution in [2.24, 2.45) is 0 Å². The first kappa shape index (κ1) is 32.8. The lowest BCUT2D eigenvalue weighted by Gasteiger charge is -2.20. The molecule has 276 valence electrons. The molecule has 0 amide bonds. The third kappa shape index (κ3) is 4.99. The average Bonchev–Trinajstić information content (AvgIpc) is 3.96. The van der Waals surface area contributed by atoms with Gasteiger partial charge in [-0.15, -0.1) is 0 Å². The number of fused-ring (bicyclic) bond motifs is 12. The molecule has 1 aliphatic heterocycles. The van der Waals surface area contributed by atoms with Crippen LogP contribution in [-0.2, 0) is 0 Å². The van der Waals surface area contributed by atoms with Gasteiger partial charge in [-0.1, -0.05) is 109 Å².